The number of hydrogen-bond donors (Lipinski definition) is 2. The summed E-state index contributed by atoms with van der Waals surface area (Å²) in [6.45, 7) is 2.49. The molecule has 1 heterocycles. The van der Waals surface area contributed by atoms with Gasteiger partial charge in [0, 0.05) is 36.3 Å². The van der Waals surface area contributed by atoms with E-state index in [9.17, 15) is 0 Å². The monoisotopic (exact) mass is 329 g/mol. The molecule has 0 aliphatic heterocycles. The molecule has 0 saturated heterocycles. The smallest absolute Gasteiger partial charge is 0.119 e. The van der Waals surface area contributed by atoms with E-state index in [2.05, 4.69) is 16.7 Å². The molecule has 1 aromatic heterocycles. The number of ether oxygens (including phenoxy) is 1. The summed E-state index contributed by atoms with van der Waals surface area (Å²) >= 11 is 5.68. The minimum absolute atomic E-state index is 0.623. The molecule has 0 bridgehead atoms. The Kier molecular flexibility index (Phi) is 5.16. The van der Waals surface area contributed by atoms with Gasteiger partial charge in [0.1, 0.15) is 5.75 Å². The summed E-state index contributed by atoms with van der Waals surface area (Å²) in [7, 11) is 1.68. The van der Waals surface area contributed by atoms with Crippen molar-refractivity contribution in [3.63, 3.8) is 0 Å². The van der Waals surface area contributed by atoms with Crippen molar-refractivity contribution >= 4 is 39.1 Å². The number of fused-ring (bicyclic) bond motifs is 2. The van der Waals surface area contributed by atoms with E-state index in [4.69, 9.17) is 21.3 Å². The van der Waals surface area contributed by atoms with Gasteiger partial charge in [-0.1, -0.05) is 18.2 Å². The summed E-state index contributed by atoms with van der Waals surface area (Å²) in [6.07, 6.45) is 0. The second-order valence-corrected chi connectivity index (χ2v) is 5.63. The van der Waals surface area contributed by atoms with Gasteiger partial charge in [-0.25, -0.2) is 4.98 Å². The van der Waals surface area contributed by atoms with E-state index in [0.29, 0.717) is 5.88 Å². The number of methoxy groups -OCH3 is 1. The molecule has 3 rings (SSSR count). The van der Waals surface area contributed by atoms with Crippen LogP contribution in [-0.2, 0) is 0 Å². The highest BCUT2D eigenvalue weighted by Crippen LogP contribution is 2.32. The Hall–Kier alpha value is -2.04. The minimum Gasteiger partial charge on any atom is -0.497 e. The Labute approximate surface area is 140 Å². The normalized spacial score (nSPS) is 11.0. The van der Waals surface area contributed by atoms with E-state index < -0.39 is 0 Å². The second-order valence-electron chi connectivity index (χ2n) is 5.25. The summed E-state index contributed by atoms with van der Waals surface area (Å²) in [6, 6.07) is 14.1. The first-order valence-electron chi connectivity index (χ1n) is 7.70. The van der Waals surface area contributed by atoms with E-state index in [1.54, 1.807) is 7.11 Å². The maximum Gasteiger partial charge on any atom is 0.119 e. The van der Waals surface area contributed by atoms with Crippen molar-refractivity contribution in [3.8, 4) is 5.75 Å². The number of pyridine rings is 1. The van der Waals surface area contributed by atoms with E-state index in [0.717, 1.165) is 52.9 Å². The fourth-order valence-corrected chi connectivity index (χ4v) is 2.79. The Balaban J connectivity index is 2.01. The van der Waals surface area contributed by atoms with Gasteiger partial charge in [-0.2, -0.15) is 0 Å². The maximum absolute atomic E-state index is 5.68. The van der Waals surface area contributed by atoms with Gasteiger partial charge < -0.3 is 15.4 Å². The molecular formula is C18H20ClN3O. The first-order valence-corrected chi connectivity index (χ1v) is 8.24. The third-order valence-corrected chi connectivity index (χ3v) is 3.95. The largest absolute Gasteiger partial charge is 0.497 e. The van der Waals surface area contributed by atoms with Crippen LogP contribution in [0.3, 0.4) is 0 Å². The number of nitrogens with one attached hydrogen (secondary N) is 2. The van der Waals surface area contributed by atoms with Gasteiger partial charge in [-0.3, -0.25) is 0 Å². The molecule has 0 aliphatic rings. The van der Waals surface area contributed by atoms with Crippen LogP contribution in [0.25, 0.3) is 21.8 Å². The maximum atomic E-state index is 5.68. The predicted molar refractivity (Wildman–Crippen MR) is 97.9 cm³/mol. The summed E-state index contributed by atoms with van der Waals surface area (Å²) in [5, 5.41) is 9.02. The van der Waals surface area contributed by atoms with Crippen LogP contribution in [-0.4, -0.2) is 37.6 Å². The zero-order valence-electron chi connectivity index (χ0n) is 13.1. The van der Waals surface area contributed by atoms with Crippen LogP contribution >= 0.6 is 11.6 Å². The third-order valence-electron chi connectivity index (χ3n) is 3.76. The number of benzene rings is 2. The van der Waals surface area contributed by atoms with Crippen molar-refractivity contribution in [1.82, 2.24) is 10.3 Å². The quantitative estimate of drug-likeness (QED) is 0.395. The molecule has 0 aliphatic carbocycles. The molecule has 120 valence electrons. The first kappa shape index (κ1) is 15.8. The van der Waals surface area contributed by atoms with Crippen LogP contribution in [0, 0.1) is 0 Å². The molecule has 5 heteroatoms. The highest BCUT2D eigenvalue weighted by molar-refractivity contribution is 6.18. The molecule has 0 atom stereocenters. The highest BCUT2D eigenvalue weighted by atomic mass is 35.5. The molecule has 2 N–H and O–H groups in total. The van der Waals surface area contributed by atoms with Crippen LogP contribution in [0.2, 0.25) is 0 Å². The minimum atomic E-state index is 0.623. The number of halogens is 1. The molecular weight excluding hydrogens is 310 g/mol. The fraction of sp³-hybridized carbons (Fsp3) is 0.278. The van der Waals surface area contributed by atoms with Crippen molar-refractivity contribution < 1.29 is 4.74 Å². The molecule has 2 aromatic carbocycles. The van der Waals surface area contributed by atoms with E-state index in [-0.39, 0.29) is 0 Å². The third kappa shape index (κ3) is 3.49. The van der Waals surface area contributed by atoms with Gasteiger partial charge in [-0.05, 0) is 24.3 Å². The molecule has 0 fully saturated rings. The Bertz CT molecular complexity index is 807. The van der Waals surface area contributed by atoms with Gasteiger partial charge >= 0.3 is 0 Å². The summed E-state index contributed by atoms with van der Waals surface area (Å²) in [5.74, 6) is 1.45. The number of alkyl halides is 1. The highest BCUT2D eigenvalue weighted by Gasteiger charge is 2.09. The lowest BCUT2D eigenvalue weighted by atomic mass is 10.1. The Morgan fingerprint density at radius 1 is 1.00 bits per heavy atom. The van der Waals surface area contributed by atoms with E-state index in [1.165, 1.54) is 0 Å². The number of anilines is 1. The van der Waals surface area contributed by atoms with Gasteiger partial charge in [-0.15, -0.1) is 11.6 Å². The summed E-state index contributed by atoms with van der Waals surface area (Å²) in [5.41, 5.74) is 3.04. The average Bonchev–Trinajstić information content (AvgIpc) is 2.60. The van der Waals surface area contributed by atoms with Crippen LogP contribution in [0.5, 0.6) is 5.75 Å². The first-order chi connectivity index (χ1) is 11.3. The van der Waals surface area contributed by atoms with Gasteiger partial charge in [0.2, 0.25) is 0 Å². The van der Waals surface area contributed by atoms with Crippen LogP contribution in [0.4, 0.5) is 5.69 Å². The van der Waals surface area contributed by atoms with Crippen molar-refractivity contribution in [3.05, 3.63) is 42.5 Å². The van der Waals surface area contributed by atoms with Crippen molar-refractivity contribution in [2.45, 2.75) is 0 Å². The topological polar surface area (TPSA) is 46.2 Å². The van der Waals surface area contributed by atoms with Gasteiger partial charge in [0.05, 0.1) is 23.8 Å². The molecule has 3 aromatic rings. The van der Waals surface area contributed by atoms with Crippen LogP contribution < -0.4 is 15.4 Å². The Morgan fingerprint density at radius 2 is 1.83 bits per heavy atom. The molecule has 0 spiro atoms. The van der Waals surface area contributed by atoms with Crippen molar-refractivity contribution in [2.24, 2.45) is 0 Å². The summed E-state index contributed by atoms with van der Waals surface area (Å²) < 4.78 is 5.36. The molecule has 0 saturated carbocycles. The lowest BCUT2D eigenvalue weighted by Crippen LogP contribution is -2.24. The number of nitrogens with zero attached hydrogens (tertiary/aromatic N) is 1. The molecule has 23 heavy (non-hydrogen) atoms. The zero-order chi connectivity index (χ0) is 16.1. The number of rotatable bonds is 7. The predicted octanol–water partition coefficient (Wildman–Crippen LogP) is 3.64. The fourth-order valence-electron chi connectivity index (χ4n) is 2.66. The zero-order valence-corrected chi connectivity index (χ0v) is 13.9. The van der Waals surface area contributed by atoms with E-state index in [1.807, 2.05) is 36.4 Å². The van der Waals surface area contributed by atoms with Gasteiger partial charge in [0.15, 0.2) is 0 Å². The number of aromatic nitrogens is 1. The van der Waals surface area contributed by atoms with E-state index >= 15 is 0 Å². The Morgan fingerprint density at radius 3 is 2.65 bits per heavy atom. The van der Waals surface area contributed by atoms with Crippen LogP contribution in [0.15, 0.2) is 42.5 Å². The molecule has 0 amide bonds. The van der Waals surface area contributed by atoms with Crippen LogP contribution in [0.1, 0.15) is 0 Å². The number of hydrogen-bond acceptors (Lipinski definition) is 4. The molecule has 4 nitrogen and oxygen atoms in total. The van der Waals surface area contributed by atoms with Crippen molar-refractivity contribution in [2.75, 3.05) is 37.9 Å². The SMILES string of the molecule is COc1ccc2nc3ccccc3c(NCCNCCCl)c2c1. The van der Waals surface area contributed by atoms with Crippen molar-refractivity contribution in [1.29, 1.82) is 0 Å². The lowest BCUT2D eigenvalue weighted by Gasteiger charge is -2.14. The molecule has 0 unspecified atom stereocenters. The molecule has 0 radical (unpaired) electrons. The average molecular weight is 330 g/mol. The second kappa shape index (κ2) is 7.49. The standard InChI is InChI=1S/C18H20ClN3O/c1-23-13-6-7-17-15(12-13)18(21-11-10-20-9-8-19)14-4-2-3-5-16(14)22-17/h2-7,12,20H,8-11H2,1H3,(H,21,22). The summed E-state index contributed by atoms with van der Waals surface area (Å²) in [4.78, 5) is 4.74. The lowest BCUT2D eigenvalue weighted by molar-refractivity contribution is 0.415. The number of para-hydroxylation sites is 1. The van der Waals surface area contributed by atoms with Gasteiger partial charge in [0.25, 0.3) is 0 Å².